The second-order valence-corrected chi connectivity index (χ2v) is 17.3. The summed E-state index contributed by atoms with van der Waals surface area (Å²) < 4.78 is 94.4. The molecule has 402 valence electrons. The molecule has 0 bridgehead atoms. The number of hydrogen-bond acceptors (Lipinski definition) is 12. The molecule has 0 atom stereocenters. The van der Waals surface area contributed by atoms with Crippen molar-refractivity contribution in [2.24, 2.45) is 14.1 Å². The Balaban J connectivity index is 0.000000320. The average molecular weight is 1110 g/mol. The first-order valence-electron chi connectivity index (χ1n) is 22.3. The third-order valence-electron chi connectivity index (χ3n) is 11.5. The molecule has 8 rings (SSSR count). The normalized spacial score (nSPS) is 11.2. The largest absolute Gasteiger partial charge is 1.00 e. The molecule has 4 aromatic carbocycles. The van der Waals surface area contributed by atoms with E-state index in [-0.39, 0.29) is 110 Å². The monoisotopic (exact) mass is 1110 g/mol. The first kappa shape index (κ1) is 62.3. The van der Waals surface area contributed by atoms with Crippen LogP contribution in [0.25, 0.3) is 44.3 Å². The summed E-state index contributed by atoms with van der Waals surface area (Å²) >= 11 is 12.0. The van der Waals surface area contributed by atoms with Crippen LogP contribution in [0.3, 0.4) is 0 Å². The van der Waals surface area contributed by atoms with Gasteiger partial charge in [0.1, 0.15) is 22.8 Å². The summed E-state index contributed by atoms with van der Waals surface area (Å²) in [5, 5.41) is 10.5. The number of aryl methyl sites for hydroxylation is 2. The van der Waals surface area contributed by atoms with Crippen LogP contribution in [0.5, 0.6) is 11.5 Å². The van der Waals surface area contributed by atoms with Crippen LogP contribution in [-0.2, 0) is 49.6 Å². The van der Waals surface area contributed by atoms with E-state index in [1.807, 2.05) is 0 Å². The molecule has 0 fully saturated rings. The Labute approximate surface area is 454 Å². The SMILES string of the molecule is Cn1c(=O)n(CCCO)c(=O)c2c(Cc3ccc(Cl)cc3)c(-c3cccc(OC(F)(F)F)c3)cnc21.Cn1c(=O)n(CCCOC=O)c(=O)c2c(Cc3ccc(Cl)cc3)c(-c3cccc(OC(F)(F)F)c3)cnc21.O.[Li+].[OH-]. The zero-order valence-electron chi connectivity index (χ0n) is 41.0. The topological polar surface area (TPSA) is 240 Å². The summed E-state index contributed by atoms with van der Waals surface area (Å²) in [7, 11) is 2.95. The Morgan fingerprint density at radius 1 is 0.623 bits per heavy atom. The number of aromatic nitrogens is 6. The van der Waals surface area contributed by atoms with Crippen LogP contribution in [0.2, 0.25) is 10.0 Å². The molecule has 0 saturated carbocycles. The van der Waals surface area contributed by atoms with Gasteiger partial charge >= 0.3 is 43.0 Å². The molecule has 26 heteroatoms. The van der Waals surface area contributed by atoms with Crippen molar-refractivity contribution in [2.75, 3.05) is 13.2 Å². The first-order chi connectivity index (χ1) is 35.2. The van der Waals surface area contributed by atoms with Crippen LogP contribution in [-0.4, -0.2) is 76.7 Å². The van der Waals surface area contributed by atoms with E-state index in [1.54, 1.807) is 60.7 Å². The van der Waals surface area contributed by atoms with Gasteiger partial charge in [0.2, 0.25) is 0 Å². The number of rotatable bonds is 16. The average Bonchev–Trinajstić information content (AvgIpc) is 3.36. The Bertz CT molecular complexity index is 3610. The number of aliphatic hydroxyl groups excluding tert-OH is 1. The fraction of sp³-hybridized carbons (Fsp3) is 0.235. The first-order valence-corrected chi connectivity index (χ1v) is 23.0. The van der Waals surface area contributed by atoms with Crippen LogP contribution in [0.4, 0.5) is 26.3 Å². The van der Waals surface area contributed by atoms with Crippen molar-refractivity contribution in [3.63, 3.8) is 0 Å². The van der Waals surface area contributed by atoms with Crippen LogP contribution >= 0.6 is 23.2 Å². The minimum Gasteiger partial charge on any atom is -0.870 e. The minimum atomic E-state index is -4.88. The molecular weight excluding hydrogens is 1060 g/mol. The van der Waals surface area contributed by atoms with Crippen molar-refractivity contribution in [2.45, 2.75) is 51.5 Å². The van der Waals surface area contributed by atoms with Gasteiger partial charge in [-0.05, 0) is 108 Å². The summed E-state index contributed by atoms with van der Waals surface area (Å²) in [5.74, 6) is -0.848. The Hall–Kier alpha value is -7.23. The predicted octanol–water partition coefficient (Wildman–Crippen LogP) is 4.76. The summed E-state index contributed by atoms with van der Waals surface area (Å²) in [6.07, 6.45) is -6.09. The van der Waals surface area contributed by atoms with Crippen molar-refractivity contribution >= 4 is 51.7 Å². The summed E-state index contributed by atoms with van der Waals surface area (Å²) in [4.78, 5) is 72.1. The van der Waals surface area contributed by atoms with Gasteiger partial charge in [-0.1, -0.05) is 71.7 Å². The van der Waals surface area contributed by atoms with E-state index in [4.69, 9.17) is 23.2 Å². The Morgan fingerprint density at radius 3 is 1.38 bits per heavy atom. The van der Waals surface area contributed by atoms with Gasteiger partial charge in [0.15, 0.2) is 0 Å². The molecule has 0 unspecified atom stereocenters. The summed E-state index contributed by atoms with van der Waals surface area (Å²) in [5.41, 5.74) is 1.84. The van der Waals surface area contributed by atoms with E-state index in [0.29, 0.717) is 43.4 Å². The molecule has 0 spiro atoms. The molecule has 17 nitrogen and oxygen atoms in total. The molecule has 0 amide bonds. The second kappa shape index (κ2) is 26.7. The van der Waals surface area contributed by atoms with Gasteiger partial charge in [-0.25, -0.2) is 19.6 Å². The molecule has 4 heterocycles. The molecule has 0 aliphatic heterocycles. The van der Waals surface area contributed by atoms with Crippen molar-refractivity contribution in [1.82, 2.24) is 28.2 Å². The Morgan fingerprint density at radius 2 is 1.01 bits per heavy atom. The van der Waals surface area contributed by atoms with Gasteiger partial charge in [0.05, 0.1) is 17.4 Å². The van der Waals surface area contributed by atoms with Gasteiger partial charge in [-0.2, -0.15) is 0 Å². The van der Waals surface area contributed by atoms with Gasteiger partial charge in [-0.15, -0.1) is 26.3 Å². The molecule has 0 aliphatic carbocycles. The summed E-state index contributed by atoms with van der Waals surface area (Å²) in [6.45, 7) is 0.0547. The predicted molar refractivity (Wildman–Crippen MR) is 269 cm³/mol. The molecular formula is C51H45Cl2F6LiN6O11. The molecule has 77 heavy (non-hydrogen) atoms. The number of ether oxygens (including phenoxy) is 3. The second-order valence-electron chi connectivity index (χ2n) is 16.5. The minimum absolute atomic E-state index is 0. The fourth-order valence-electron chi connectivity index (χ4n) is 8.20. The number of benzene rings is 4. The number of carbonyl (C=O) groups excluding carboxylic acids is 1. The van der Waals surface area contributed by atoms with Crippen molar-refractivity contribution in [3.05, 3.63) is 183 Å². The molecule has 4 aromatic heterocycles. The zero-order chi connectivity index (χ0) is 53.5. The number of nitrogens with zero attached hydrogens (tertiary/aromatic N) is 6. The molecule has 0 saturated heterocycles. The molecule has 4 N–H and O–H groups in total. The van der Waals surface area contributed by atoms with Crippen LogP contribution in [0.1, 0.15) is 35.1 Å². The quantitative estimate of drug-likeness (QED) is 0.0597. The number of pyridine rings is 2. The zero-order valence-corrected chi connectivity index (χ0v) is 42.5. The number of hydrogen-bond donors (Lipinski definition) is 1. The third kappa shape index (κ3) is 15.0. The van der Waals surface area contributed by atoms with Gasteiger partial charge in [0.25, 0.3) is 17.6 Å². The number of halogens is 8. The number of aliphatic hydroxyl groups is 1. The maximum absolute atomic E-state index is 13.7. The van der Waals surface area contributed by atoms with E-state index in [2.05, 4.69) is 24.2 Å². The van der Waals surface area contributed by atoms with E-state index in [0.717, 1.165) is 20.3 Å². The maximum atomic E-state index is 13.7. The Kier molecular flexibility index (Phi) is 21.6. The molecule has 8 aromatic rings. The standard InChI is InChI=1S/C26H21ClF3N3O5.C25H21ClF3N3O4.Li.2H2O/c1-32-23-22(24(35)33(25(32)36)10-3-11-37-15-34)20(12-16-6-8-18(27)9-7-16)21(14-31-23)17-4-2-5-19(13-17)38-26(28,29)30;1-31-22-21(23(34)32(24(31)35)10-3-11-33)19(12-15-6-8-17(26)9-7-15)20(14-30-22)16-4-2-5-18(13-16)36-25(27,28)29;;;/h2,4-9,13-15H,3,10-12H2,1H3;2,4-9,13-14,33H,3,10-12H2,1H3;;2*1H2/q;;+1;;/p-1. The van der Waals surface area contributed by atoms with Gasteiger partial charge in [0, 0.05) is 67.4 Å². The van der Waals surface area contributed by atoms with E-state index in [1.165, 1.54) is 72.0 Å². The van der Waals surface area contributed by atoms with Crippen molar-refractivity contribution in [3.8, 4) is 33.8 Å². The van der Waals surface area contributed by atoms with E-state index < -0.39 is 46.7 Å². The summed E-state index contributed by atoms with van der Waals surface area (Å²) in [6, 6.07) is 24.5. The van der Waals surface area contributed by atoms with Gasteiger partial charge < -0.3 is 30.3 Å². The van der Waals surface area contributed by atoms with Crippen molar-refractivity contribution in [1.29, 1.82) is 0 Å². The van der Waals surface area contributed by atoms with E-state index in [9.17, 15) is 55.4 Å². The number of alkyl halides is 6. The van der Waals surface area contributed by atoms with Gasteiger partial charge in [-0.3, -0.25) is 32.7 Å². The van der Waals surface area contributed by atoms with Crippen LogP contribution in [0, 0.1) is 0 Å². The molecule has 0 aliphatic rings. The van der Waals surface area contributed by atoms with Crippen molar-refractivity contribution < 1.29 is 80.3 Å². The van der Waals surface area contributed by atoms with Crippen LogP contribution in [0.15, 0.2) is 129 Å². The number of fused-ring (bicyclic) bond motifs is 2. The number of carbonyl (C=O) groups is 1. The fourth-order valence-corrected chi connectivity index (χ4v) is 8.45. The van der Waals surface area contributed by atoms with E-state index >= 15 is 0 Å². The maximum Gasteiger partial charge on any atom is 1.00 e. The van der Waals surface area contributed by atoms with Crippen LogP contribution < -0.4 is 50.8 Å². The molecule has 0 radical (unpaired) electrons. The smallest absolute Gasteiger partial charge is 0.870 e. The third-order valence-corrected chi connectivity index (χ3v) is 12.0.